The number of hydrogen-bond donors (Lipinski definition) is 1. The molecule has 0 spiro atoms. The van der Waals surface area contributed by atoms with Crippen LogP contribution < -0.4 is 4.74 Å². The highest BCUT2D eigenvalue weighted by Gasteiger charge is 2.17. The summed E-state index contributed by atoms with van der Waals surface area (Å²) in [6.07, 6.45) is 2.53. The molecule has 2 aromatic carbocycles. The molecule has 0 fully saturated rings. The number of carbonyl (C=O) groups is 1. The van der Waals surface area contributed by atoms with Crippen LogP contribution in [0.15, 0.2) is 71.4 Å². The van der Waals surface area contributed by atoms with Crippen LogP contribution in [0.1, 0.15) is 17.5 Å². The van der Waals surface area contributed by atoms with Crippen LogP contribution in [0.3, 0.4) is 0 Å². The van der Waals surface area contributed by atoms with Gasteiger partial charge in [-0.3, -0.25) is 4.90 Å². The van der Waals surface area contributed by atoms with E-state index < -0.39 is 5.97 Å². The highest BCUT2D eigenvalue weighted by molar-refractivity contribution is 6.12. The molecule has 0 saturated heterocycles. The summed E-state index contributed by atoms with van der Waals surface area (Å²) in [7, 11) is 1.63. The number of ether oxygens (including phenoxy) is 1. The largest absolute Gasteiger partial charge is 0.497 e. The molecule has 0 unspecified atom stereocenters. The van der Waals surface area contributed by atoms with E-state index in [1.807, 2.05) is 54.6 Å². The van der Waals surface area contributed by atoms with Gasteiger partial charge in [0, 0.05) is 36.3 Å². The van der Waals surface area contributed by atoms with Crippen LogP contribution in [0.25, 0.3) is 0 Å². The average molecular weight is 417 g/mol. The lowest BCUT2D eigenvalue weighted by Gasteiger charge is -2.24. The van der Waals surface area contributed by atoms with Crippen LogP contribution in [-0.2, 0) is 9.63 Å². The van der Waals surface area contributed by atoms with Crippen LogP contribution in [0.4, 0.5) is 0 Å². The van der Waals surface area contributed by atoms with Gasteiger partial charge in [-0.2, -0.15) is 0 Å². The minimum atomic E-state index is -0.854. The van der Waals surface area contributed by atoms with E-state index in [2.05, 4.69) is 10.1 Å². The number of hydrogen-bond acceptors (Lipinski definition) is 5. The predicted molar refractivity (Wildman–Crippen MR) is 115 cm³/mol. The minimum Gasteiger partial charge on any atom is -0.497 e. The molecule has 0 saturated carbocycles. The van der Waals surface area contributed by atoms with E-state index in [9.17, 15) is 4.79 Å². The molecule has 7 heteroatoms. The number of methoxy groups -OCH3 is 1. The first-order valence-electron chi connectivity index (χ1n) is 9.22. The minimum absolute atomic E-state index is 0. The Kier molecular flexibility index (Phi) is 8.70. The van der Waals surface area contributed by atoms with Crippen molar-refractivity contribution in [3.05, 3.63) is 77.4 Å². The normalized spacial score (nSPS) is 14.5. The maximum absolute atomic E-state index is 11.1. The fraction of sp³-hybridized carbons (Fsp3) is 0.273. The van der Waals surface area contributed by atoms with Gasteiger partial charge in [0.05, 0.1) is 7.11 Å². The van der Waals surface area contributed by atoms with Crippen LogP contribution >= 0.6 is 12.4 Å². The number of nitrogens with zero attached hydrogens (tertiary/aromatic N) is 2. The first-order chi connectivity index (χ1) is 13.7. The fourth-order valence-electron chi connectivity index (χ4n) is 3.07. The molecule has 1 N–H and O–H groups in total. The second-order valence-electron chi connectivity index (χ2n) is 6.47. The summed E-state index contributed by atoms with van der Waals surface area (Å²) in [6, 6.07) is 17.5. The van der Waals surface area contributed by atoms with Crippen LogP contribution in [0.2, 0.25) is 0 Å². The van der Waals surface area contributed by atoms with Gasteiger partial charge in [-0.05, 0) is 18.6 Å². The number of oxime groups is 1. The molecule has 0 aromatic heterocycles. The van der Waals surface area contributed by atoms with Gasteiger partial charge in [-0.25, -0.2) is 4.79 Å². The summed E-state index contributed by atoms with van der Waals surface area (Å²) >= 11 is 0. The Morgan fingerprint density at radius 1 is 1.14 bits per heavy atom. The van der Waals surface area contributed by atoms with Crippen molar-refractivity contribution in [3.8, 4) is 5.75 Å². The Bertz CT molecular complexity index is 868. The molecule has 1 aliphatic rings. The third kappa shape index (κ3) is 6.34. The van der Waals surface area contributed by atoms with E-state index >= 15 is 0 Å². The van der Waals surface area contributed by atoms with E-state index in [1.165, 1.54) is 0 Å². The van der Waals surface area contributed by atoms with Crippen molar-refractivity contribution >= 4 is 24.1 Å². The Morgan fingerprint density at radius 3 is 2.62 bits per heavy atom. The molecule has 154 valence electrons. The highest BCUT2D eigenvalue weighted by Crippen LogP contribution is 2.17. The Hall–Kier alpha value is -2.83. The second kappa shape index (κ2) is 11.2. The summed E-state index contributed by atoms with van der Waals surface area (Å²) in [5, 5.41) is 13.5. The smallest absolute Gasteiger partial charge is 0.332 e. The second-order valence-corrected chi connectivity index (χ2v) is 6.47. The SMILES string of the molecule is COc1cccc(C(=NOCCN2CCC=C(C(=O)O)C2)c2ccccc2)c1.Cl. The molecule has 0 aliphatic carbocycles. The summed E-state index contributed by atoms with van der Waals surface area (Å²) in [4.78, 5) is 18.8. The molecule has 0 atom stereocenters. The molecule has 0 amide bonds. The molecule has 0 bridgehead atoms. The molecule has 3 rings (SSSR count). The molecule has 0 radical (unpaired) electrons. The van der Waals surface area contributed by atoms with Gasteiger partial charge in [-0.1, -0.05) is 53.7 Å². The third-order valence-electron chi connectivity index (χ3n) is 4.55. The summed E-state index contributed by atoms with van der Waals surface area (Å²) in [5.41, 5.74) is 3.02. The lowest BCUT2D eigenvalue weighted by Crippen LogP contribution is -2.34. The quantitative estimate of drug-likeness (QED) is 0.404. The number of benzene rings is 2. The molecular weight excluding hydrogens is 392 g/mol. The van der Waals surface area contributed by atoms with Gasteiger partial charge in [0.1, 0.15) is 18.1 Å². The van der Waals surface area contributed by atoms with Crippen LogP contribution in [0, 0.1) is 0 Å². The molecule has 6 nitrogen and oxygen atoms in total. The van der Waals surface area contributed by atoms with Gasteiger partial charge in [0.25, 0.3) is 0 Å². The number of rotatable bonds is 8. The maximum atomic E-state index is 11.1. The monoisotopic (exact) mass is 416 g/mol. The number of halogens is 1. The summed E-state index contributed by atoms with van der Waals surface area (Å²) < 4.78 is 5.32. The van der Waals surface area contributed by atoms with Crippen molar-refractivity contribution < 1.29 is 19.5 Å². The third-order valence-corrected chi connectivity index (χ3v) is 4.55. The molecule has 1 aliphatic heterocycles. The lowest BCUT2D eigenvalue weighted by atomic mass is 10.0. The van der Waals surface area contributed by atoms with Gasteiger partial charge < -0.3 is 14.7 Å². The van der Waals surface area contributed by atoms with Crippen molar-refractivity contribution in [1.82, 2.24) is 4.90 Å². The highest BCUT2D eigenvalue weighted by atomic mass is 35.5. The standard InChI is InChI=1S/C22H24N2O4.ClH/c1-27-20-11-5-9-18(15-20)21(17-7-3-2-4-8-17)23-28-14-13-24-12-6-10-19(16-24)22(25)26;/h2-5,7-11,15H,6,12-14,16H2,1H3,(H,25,26);1H. The van der Waals surface area contributed by atoms with Crippen LogP contribution in [0.5, 0.6) is 5.75 Å². The van der Waals surface area contributed by atoms with Gasteiger partial charge in [-0.15, -0.1) is 12.4 Å². The topological polar surface area (TPSA) is 71.4 Å². The van der Waals surface area contributed by atoms with Gasteiger partial charge >= 0.3 is 5.97 Å². The molecule has 2 aromatic rings. The molecule has 29 heavy (non-hydrogen) atoms. The number of aliphatic carboxylic acids is 1. The molecule has 1 heterocycles. The van der Waals surface area contributed by atoms with E-state index in [0.29, 0.717) is 25.3 Å². The zero-order valence-corrected chi connectivity index (χ0v) is 17.1. The Balaban J connectivity index is 0.00000300. The van der Waals surface area contributed by atoms with Crippen molar-refractivity contribution in [2.24, 2.45) is 5.16 Å². The zero-order chi connectivity index (χ0) is 19.8. The van der Waals surface area contributed by atoms with E-state index in [1.54, 1.807) is 13.2 Å². The van der Waals surface area contributed by atoms with Crippen LogP contribution in [-0.4, -0.2) is 55.0 Å². The van der Waals surface area contributed by atoms with Gasteiger partial charge in [0.15, 0.2) is 0 Å². The average Bonchev–Trinajstić information content (AvgIpc) is 2.74. The molecular formula is C22H25ClN2O4. The van der Waals surface area contributed by atoms with Crippen molar-refractivity contribution in [2.75, 3.05) is 33.4 Å². The van der Waals surface area contributed by atoms with Crippen molar-refractivity contribution in [1.29, 1.82) is 0 Å². The van der Waals surface area contributed by atoms with Crippen molar-refractivity contribution in [2.45, 2.75) is 6.42 Å². The van der Waals surface area contributed by atoms with Crippen molar-refractivity contribution in [3.63, 3.8) is 0 Å². The summed E-state index contributed by atoms with van der Waals surface area (Å²) in [6.45, 7) is 2.26. The number of carboxylic acid groups (broad SMARTS) is 1. The van der Waals surface area contributed by atoms with E-state index in [-0.39, 0.29) is 12.4 Å². The first kappa shape index (κ1) is 22.5. The predicted octanol–water partition coefficient (Wildman–Crippen LogP) is 3.60. The van der Waals surface area contributed by atoms with Gasteiger partial charge in [0.2, 0.25) is 0 Å². The number of carboxylic acids is 1. The maximum Gasteiger partial charge on any atom is 0.332 e. The van der Waals surface area contributed by atoms with E-state index in [4.69, 9.17) is 14.7 Å². The lowest BCUT2D eigenvalue weighted by molar-refractivity contribution is -0.133. The fourth-order valence-corrected chi connectivity index (χ4v) is 3.07. The Labute approximate surface area is 176 Å². The summed E-state index contributed by atoms with van der Waals surface area (Å²) in [5.74, 6) is -0.101. The first-order valence-corrected chi connectivity index (χ1v) is 9.22. The zero-order valence-electron chi connectivity index (χ0n) is 16.3. The Morgan fingerprint density at radius 2 is 1.90 bits per heavy atom. The van der Waals surface area contributed by atoms with E-state index in [0.717, 1.165) is 35.6 Å².